The van der Waals surface area contributed by atoms with Gasteiger partial charge >= 0.3 is 5.71 Å². The van der Waals surface area contributed by atoms with Crippen LogP contribution in [0.4, 0.5) is 0 Å². The Labute approximate surface area is 117 Å². The highest BCUT2D eigenvalue weighted by Crippen LogP contribution is 2.16. The first-order valence-corrected chi connectivity index (χ1v) is 8.68. The van der Waals surface area contributed by atoms with Crippen LogP contribution in [0.1, 0.15) is 40.5 Å². The molecule has 0 saturated heterocycles. The van der Waals surface area contributed by atoms with E-state index in [-0.39, 0.29) is 30.4 Å². The van der Waals surface area contributed by atoms with Crippen molar-refractivity contribution in [3.63, 3.8) is 0 Å². The van der Waals surface area contributed by atoms with Gasteiger partial charge in [0.2, 0.25) is 0 Å². The maximum atomic E-state index is 11.3. The van der Waals surface area contributed by atoms with Crippen LogP contribution in [-0.4, -0.2) is 37.8 Å². The number of nitrogens with zero attached hydrogens (tertiary/aromatic N) is 2. The molecule has 6 nitrogen and oxygen atoms in total. The fourth-order valence-electron chi connectivity index (χ4n) is 1.88. The highest BCUT2D eigenvalue weighted by atomic mass is 32.2. The lowest BCUT2D eigenvalue weighted by molar-refractivity contribution is -0.0113. The Morgan fingerprint density at radius 2 is 1.21 bits per heavy atom. The molecule has 0 radical (unpaired) electrons. The van der Waals surface area contributed by atoms with E-state index in [4.69, 9.17) is 5.53 Å². The fourth-order valence-corrected chi connectivity index (χ4v) is 4.08. The first-order chi connectivity index (χ1) is 8.70. The molecule has 2 atom stereocenters. The van der Waals surface area contributed by atoms with E-state index in [1.807, 2.05) is 27.7 Å². The zero-order valence-electron chi connectivity index (χ0n) is 11.6. The predicted octanol–water partition coefficient (Wildman–Crippen LogP) is 0.709. The summed E-state index contributed by atoms with van der Waals surface area (Å²) in [4.78, 5) is 2.99. The molecule has 0 amide bonds. The lowest BCUT2D eigenvalue weighted by Crippen LogP contribution is -2.37. The number of thiol groups is 2. The van der Waals surface area contributed by atoms with Gasteiger partial charge < -0.3 is 5.53 Å². The first kappa shape index (κ1) is 18.3. The predicted molar refractivity (Wildman–Crippen MR) is 75.7 cm³/mol. The van der Waals surface area contributed by atoms with E-state index >= 15 is 0 Å². The average Bonchev–Trinajstić information content (AvgIpc) is 2.25. The van der Waals surface area contributed by atoms with Gasteiger partial charge in [0.25, 0.3) is 0 Å². The van der Waals surface area contributed by atoms with Crippen LogP contribution in [0.2, 0.25) is 0 Å². The van der Waals surface area contributed by atoms with Crippen LogP contribution in [0.3, 0.4) is 0 Å². The minimum absolute atomic E-state index is 0.0545. The van der Waals surface area contributed by atoms with Crippen LogP contribution < -0.4 is 0 Å². The van der Waals surface area contributed by atoms with E-state index in [0.29, 0.717) is 0 Å². The molecule has 19 heavy (non-hydrogen) atoms. The van der Waals surface area contributed by atoms with Gasteiger partial charge in [-0.05, 0) is 24.7 Å². The summed E-state index contributed by atoms with van der Waals surface area (Å²) >= 11 is 0. The summed E-state index contributed by atoms with van der Waals surface area (Å²) in [6.45, 7) is 7.32. The Morgan fingerprint density at radius 1 is 0.895 bits per heavy atom. The third kappa shape index (κ3) is 6.31. The normalized spacial score (nSPS) is 14.9. The summed E-state index contributed by atoms with van der Waals surface area (Å²) in [7, 11) is -5.76. The first-order valence-electron chi connectivity index (χ1n) is 6.19. The minimum atomic E-state index is -2.88. The number of hydrogen-bond acceptors (Lipinski definition) is 4. The quantitative estimate of drug-likeness (QED) is 0.298. The van der Waals surface area contributed by atoms with Gasteiger partial charge in [0.05, 0.1) is 0 Å². The van der Waals surface area contributed by atoms with Gasteiger partial charge in [-0.2, -0.15) is 4.79 Å². The summed E-state index contributed by atoms with van der Waals surface area (Å²) in [5.74, 6) is 0.109. The Kier molecular flexibility index (Phi) is 8.13. The largest absolute Gasteiger partial charge is 0.361 e. The van der Waals surface area contributed by atoms with Crippen molar-refractivity contribution in [3.05, 3.63) is 5.53 Å². The van der Waals surface area contributed by atoms with Gasteiger partial charge in [-0.25, -0.2) is 16.8 Å². The molecule has 0 aromatic heterocycles. The lowest BCUT2D eigenvalue weighted by Gasteiger charge is -2.14. The second-order valence-corrected chi connectivity index (χ2v) is 7.77. The SMILES string of the molecule is CC(C)CC(C(=[N+]=[N-])C(CC(C)C)[SH](=O)=O)[SH](=O)=O. The van der Waals surface area contributed by atoms with Gasteiger partial charge in [0.1, 0.15) is 0 Å². The molecule has 2 unspecified atom stereocenters. The maximum absolute atomic E-state index is 11.3. The summed E-state index contributed by atoms with van der Waals surface area (Å²) in [6.07, 6.45) is 0.492. The zero-order valence-corrected chi connectivity index (χ0v) is 13.4. The molecule has 0 aliphatic heterocycles. The molecule has 0 aliphatic rings. The maximum Gasteiger partial charge on any atom is 0.304 e. The molecule has 0 fully saturated rings. The standard InChI is InChI=1S/C11H22N2O4S2/c1-7(2)5-9(18(14)15)11(13-12)10(19(16)17)6-8(3)4/h7-10,18-19H,5-6H2,1-4H3. The Bertz CT molecular complexity index is 435. The Morgan fingerprint density at radius 3 is 1.37 bits per heavy atom. The van der Waals surface area contributed by atoms with Crippen LogP contribution >= 0.6 is 0 Å². The molecule has 0 saturated carbocycles. The third-order valence-corrected chi connectivity index (χ3v) is 4.67. The summed E-state index contributed by atoms with van der Waals surface area (Å²) < 4.78 is 45.2. The van der Waals surface area contributed by atoms with Gasteiger partial charge in [-0.1, -0.05) is 27.7 Å². The molecule has 0 aliphatic carbocycles. The van der Waals surface area contributed by atoms with Crippen LogP contribution in [0, 0.1) is 11.8 Å². The smallest absolute Gasteiger partial charge is 0.304 e. The number of rotatable bonds is 8. The minimum Gasteiger partial charge on any atom is -0.361 e. The topological polar surface area (TPSA) is 105 Å². The molecule has 0 bridgehead atoms. The van der Waals surface area contributed by atoms with Crippen molar-refractivity contribution in [2.24, 2.45) is 11.8 Å². The summed E-state index contributed by atoms with van der Waals surface area (Å²) in [5.41, 5.74) is 8.89. The van der Waals surface area contributed by atoms with Crippen molar-refractivity contribution >= 4 is 27.1 Å². The van der Waals surface area contributed by atoms with Crippen molar-refractivity contribution in [2.45, 2.75) is 51.0 Å². The van der Waals surface area contributed by atoms with Gasteiger partial charge in [-0.15, -0.1) is 0 Å². The van der Waals surface area contributed by atoms with Crippen LogP contribution in [0.15, 0.2) is 0 Å². The average molecular weight is 310 g/mol. The Hall–Kier alpha value is -0.720. The van der Waals surface area contributed by atoms with E-state index in [1.54, 1.807) is 0 Å². The van der Waals surface area contributed by atoms with Gasteiger partial charge in [0.15, 0.2) is 31.9 Å². The fraction of sp³-hybridized carbons (Fsp3) is 0.909. The molecule has 0 aromatic carbocycles. The van der Waals surface area contributed by atoms with Crippen molar-refractivity contribution in [1.29, 1.82) is 0 Å². The molecule has 0 N–H and O–H groups in total. The van der Waals surface area contributed by atoms with E-state index in [2.05, 4.69) is 4.79 Å². The highest BCUT2D eigenvalue weighted by Gasteiger charge is 2.37. The zero-order chi connectivity index (χ0) is 15.2. The van der Waals surface area contributed by atoms with Crippen LogP contribution in [0.5, 0.6) is 0 Å². The van der Waals surface area contributed by atoms with Crippen molar-refractivity contribution < 1.29 is 21.6 Å². The lowest BCUT2D eigenvalue weighted by atomic mass is 9.98. The van der Waals surface area contributed by atoms with Gasteiger partial charge in [0, 0.05) is 0 Å². The molecule has 0 heterocycles. The van der Waals surface area contributed by atoms with E-state index in [0.717, 1.165) is 0 Å². The van der Waals surface area contributed by atoms with Crippen LogP contribution in [-0.2, 0) is 21.4 Å². The van der Waals surface area contributed by atoms with Crippen molar-refractivity contribution in [1.82, 2.24) is 0 Å². The highest BCUT2D eigenvalue weighted by molar-refractivity contribution is 7.76. The molecule has 0 spiro atoms. The van der Waals surface area contributed by atoms with Crippen LogP contribution in [0.25, 0.3) is 5.53 Å². The Balaban J connectivity index is 5.50. The summed E-state index contributed by atoms with van der Waals surface area (Å²) in [5, 5.41) is -2.06. The molecule has 8 heteroatoms. The third-order valence-electron chi connectivity index (χ3n) is 2.70. The second-order valence-electron chi connectivity index (χ2n) is 5.39. The molecule has 0 rings (SSSR count). The van der Waals surface area contributed by atoms with E-state index in [1.165, 1.54) is 0 Å². The molecular weight excluding hydrogens is 288 g/mol. The molecule has 0 aromatic rings. The van der Waals surface area contributed by atoms with E-state index < -0.39 is 31.9 Å². The van der Waals surface area contributed by atoms with Crippen molar-refractivity contribution in [2.75, 3.05) is 0 Å². The molecule has 112 valence electrons. The van der Waals surface area contributed by atoms with Gasteiger partial charge in [-0.3, -0.25) is 0 Å². The summed E-state index contributed by atoms with van der Waals surface area (Å²) in [6, 6.07) is 0. The second kappa shape index (κ2) is 8.45. The van der Waals surface area contributed by atoms with Crippen molar-refractivity contribution in [3.8, 4) is 0 Å². The monoisotopic (exact) mass is 310 g/mol. The molecular formula is C11H22N2O4S2. The van der Waals surface area contributed by atoms with E-state index in [9.17, 15) is 16.8 Å². The number of hydrogen-bond donors (Lipinski definition) is 2.